The van der Waals surface area contributed by atoms with Crippen LogP contribution < -0.4 is 5.73 Å². The van der Waals surface area contributed by atoms with E-state index in [1.54, 1.807) is 0 Å². The molecule has 2 rings (SSSR count). The molecule has 2 aromatic rings. The zero-order chi connectivity index (χ0) is 14.2. The molecule has 0 bridgehead atoms. The number of primary amides is 1. The van der Waals surface area contributed by atoms with Gasteiger partial charge in [0.05, 0.1) is 0 Å². The second kappa shape index (κ2) is 7.49. The van der Waals surface area contributed by atoms with Gasteiger partial charge in [0.15, 0.2) is 0 Å². The molecule has 0 radical (unpaired) electrons. The first-order valence-electron chi connectivity index (χ1n) is 7.19. The molecule has 0 saturated carbocycles. The molecule has 0 aliphatic heterocycles. The highest BCUT2D eigenvalue weighted by Crippen LogP contribution is 2.24. The van der Waals surface area contributed by atoms with Crippen molar-refractivity contribution in [2.24, 2.45) is 5.73 Å². The van der Waals surface area contributed by atoms with Crippen LogP contribution >= 0.6 is 0 Å². The molecular weight excluding hydrogens is 246 g/mol. The van der Waals surface area contributed by atoms with Crippen LogP contribution in [-0.4, -0.2) is 5.91 Å². The van der Waals surface area contributed by atoms with E-state index in [9.17, 15) is 4.79 Å². The van der Waals surface area contributed by atoms with E-state index < -0.39 is 0 Å². The van der Waals surface area contributed by atoms with E-state index in [0.717, 1.165) is 25.7 Å². The van der Waals surface area contributed by atoms with Crippen molar-refractivity contribution >= 4 is 5.91 Å². The minimum Gasteiger partial charge on any atom is -0.370 e. The van der Waals surface area contributed by atoms with E-state index in [1.807, 2.05) is 6.07 Å². The molecule has 2 aromatic carbocycles. The highest BCUT2D eigenvalue weighted by Gasteiger charge is 2.04. The summed E-state index contributed by atoms with van der Waals surface area (Å²) < 4.78 is 0. The number of carbonyl (C=O) groups is 1. The molecule has 20 heavy (non-hydrogen) atoms. The van der Waals surface area contributed by atoms with Crippen LogP contribution in [0.2, 0.25) is 0 Å². The lowest BCUT2D eigenvalue weighted by Gasteiger charge is -2.09. The monoisotopic (exact) mass is 267 g/mol. The molecule has 0 spiro atoms. The number of rotatable bonds is 7. The Morgan fingerprint density at radius 2 is 1.55 bits per heavy atom. The van der Waals surface area contributed by atoms with Crippen LogP contribution in [0.4, 0.5) is 0 Å². The van der Waals surface area contributed by atoms with Crippen molar-refractivity contribution in [2.45, 2.75) is 32.1 Å². The van der Waals surface area contributed by atoms with Gasteiger partial charge in [-0.05, 0) is 36.0 Å². The van der Waals surface area contributed by atoms with Crippen LogP contribution in [0.1, 0.15) is 31.2 Å². The van der Waals surface area contributed by atoms with Gasteiger partial charge in [0.2, 0.25) is 5.91 Å². The molecule has 104 valence electrons. The topological polar surface area (TPSA) is 43.1 Å². The smallest absolute Gasteiger partial charge is 0.217 e. The Labute approximate surface area is 120 Å². The number of aryl methyl sites for hydroxylation is 1. The van der Waals surface area contributed by atoms with Gasteiger partial charge in [-0.2, -0.15) is 0 Å². The molecule has 0 aliphatic carbocycles. The SMILES string of the molecule is NC(=O)CCCCCc1ccccc1-c1ccccc1. The Morgan fingerprint density at radius 3 is 2.30 bits per heavy atom. The summed E-state index contributed by atoms with van der Waals surface area (Å²) in [5.41, 5.74) is 9.09. The highest BCUT2D eigenvalue weighted by molar-refractivity contribution is 5.73. The Hall–Kier alpha value is -2.09. The van der Waals surface area contributed by atoms with Crippen LogP contribution in [0, 0.1) is 0 Å². The van der Waals surface area contributed by atoms with Crippen molar-refractivity contribution in [3.8, 4) is 11.1 Å². The summed E-state index contributed by atoms with van der Waals surface area (Å²) in [5.74, 6) is -0.199. The maximum Gasteiger partial charge on any atom is 0.217 e. The molecule has 2 N–H and O–H groups in total. The summed E-state index contributed by atoms with van der Waals surface area (Å²) in [6, 6.07) is 19.0. The first-order chi connectivity index (χ1) is 9.77. The van der Waals surface area contributed by atoms with Gasteiger partial charge in [-0.3, -0.25) is 4.79 Å². The van der Waals surface area contributed by atoms with Gasteiger partial charge in [0.25, 0.3) is 0 Å². The van der Waals surface area contributed by atoms with Crippen LogP contribution in [0.5, 0.6) is 0 Å². The van der Waals surface area contributed by atoms with E-state index in [4.69, 9.17) is 5.73 Å². The minimum atomic E-state index is -0.199. The number of nitrogens with two attached hydrogens (primary N) is 1. The third-order valence-corrected chi connectivity index (χ3v) is 3.47. The van der Waals surface area contributed by atoms with Crippen molar-refractivity contribution in [1.29, 1.82) is 0 Å². The van der Waals surface area contributed by atoms with Gasteiger partial charge in [-0.25, -0.2) is 0 Å². The molecule has 0 atom stereocenters. The summed E-state index contributed by atoms with van der Waals surface area (Å²) in [6.07, 6.45) is 4.58. The Morgan fingerprint density at radius 1 is 0.850 bits per heavy atom. The van der Waals surface area contributed by atoms with Crippen molar-refractivity contribution in [2.75, 3.05) is 0 Å². The molecule has 0 aromatic heterocycles. The van der Waals surface area contributed by atoms with Crippen molar-refractivity contribution in [3.63, 3.8) is 0 Å². The van der Waals surface area contributed by atoms with Gasteiger partial charge in [0, 0.05) is 6.42 Å². The van der Waals surface area contributed by atoms with Crippen LogP contribution in [-0.2, 0) is 11.2 Å². The molecule has 0 fully saturated rings. The predicted molar refractivity (Wildman–Crippen MR) is 83.2 cm³/mol. The molecule has 2 heteroatoms. The van der Waals surface area contributed by atoms with Crippen molar-refractivity contribution in [1.82, 2.24) is 0 Å². The zero-order valence-corrected chi connectivity index (χ0v) is 11.7. The summed E-state index contributed by atoms with van der Waals surface area (Å²) in [7, 11) is 0. The first kappa shape index (κ1) is 14.3. The van der Waals surface area contributed by atoms with Crippen LogP contribution in [0.15, 0.2) is 54.6 Å². The third kappa shape index (κ3) is 4.23. The molecular formula is C18H21NO. The van der Waals surface area contributed by atoms with Gasteiger partial charge >= 0.3 is 0 Å². The fourth-order valence-corrected chi connectivity index (χ4v) is 2.43. The fraction of sp³-hybridized carbons (Fsp3) is 0.278. The zero-order valence-electron chi connectivity index (χ0n) is 11.7. The van der Waals surface area contributed by atoms with E-state index >= 15 is 0 Å². The fourth-order valence-electron chi connectivity index (χ4n) is 2.43. The normalized spacial score (nSPS) is 10.4. The third-order valence-electron chi connectivity index (χ3n) is 3.47. The standard InChI is InChI=1S/C18H21NO/c19-18(20)14-6-2-5-11-16-12-7-8-13-17(16)15-9-3-1-4-10-15/h1,3-4,7-10,12-13H,2,5-6,11,14H2,(H2,19,20). The lowest BCUT2D eigenvalue weighted by molar-refractivity contribution is -0.118. The number of carbonyl (C=O) groups excluding carboxylic acids is 1. The molecule has 1 amide bonds. The second-order valence-corrected chi connectivity index (χ2v) is 5.05. The Kier molecular flexibility index (Phi) is 5.36. The number of unbranched alkanes of at least 4 members (excludes halogenated alkanes) is 2. The van der Waals surface area contributed by atoms with Gasteiger partial charge in [-0.1, -0.05) is 61.0 Å². The van der Waals surface area contributed by atoms with Crippen LogP contribution in [0.25, 0.3) is 11.1 Å². The maximum atomic E-state index is 10.7. The first-order valence-corrected chi connectivity index (χ1v) is 7.19. The number of amides is 1. The number of hydrogen-bond donors (Lipinski definition) is 1. The summed E-state index contributed by atoms with van der Waals surface area (Å²) in [5, 5.41) is 0. The largest absolute Gasteiger partial charge is 0.370 e. The van der Waals surface area contributed by atoms with E-state index in [2.05, 4.69) is 48.5 Å². The Bertz CT molecular complexity index is 548. The Balaban J connectivity index is 1.97. The molecule has 0 aliphatic rings. The molecule has 0 saturated heterocycles. The van der Waals surface area contributed by atoms with E-state index in [1.165, 1.54) is 16.7 Å². The summed E-state index contributed by atoms with van der Waals surface area (Å²) >= 11 is 0. The van der Waals surface area contributed by atoms with E-state index in [-0.39, 0.29) is 5.91 Å². The average molecular weight is 267 g/mol. The average Bonchev–Trinajstić information content (AvgIpc) is 2.48. The molecule has 2 nitrogen and oxygen atoms in total. The van der Waals surface area contributed by atoms with Gasteiger partial charge < -0.3 is 5.73 Å². The lowest BCUT2D eigenvalue weighted by atomic mass is 9.96. The number of benzene rings is 2. The van der Waals surface area contributed by atoms with Gasteiger partial charge in [0.1, 0.15) is 0 Å². The summed E-state index contributed by atoms with van der Waals surface area (Å²) in [4.78, 5) is 10.7. The quantitative estimate of drug-likeness (QED) is 0.759. The maximum absolute atomic E-state index is 10.7. The van der Waals surface area contributed by atoms with Crippen molar-refractivity contribution < 1.29 is 4.79 Å². The lowest BCUT2D eigenvalue weighted by Crippen LogP contribution is -2.09. The minimum absolute atomic E-state index is 0.199. The highest BCUT2D eigenvalue weighted by atomic mass is 16.1. The van der Waals surface area contributed by atoms with Crippen molar-refractivity contribution in [3.05, 3.63) is 60.2 Å². The molecule has 0 heterocycles. The van der Waals surface area contributed by atoms with Gasteiger partial charge in [-0.15, -0.1) is 0 Å². The summed E-state index contributed by atoms with van der Waals surface area (Å²) in [6.45, 7) is 0. The van der Waals surface area contributed by atoms with E-state index in [0.29, 0.717) is 6.42 Å². The molecule has 0 unspecified atom stereocenters. The second-order valence-electron chi connectivity index (χ2n) is 5.05. The predicted octanol–water partition coefficient (Wildman–Crippen LogP) is 3.94. The van der Waals surface area contributed by atoms with Crippen LogP contribution in [0.3, 0.4) is 0 Å². The number of hydrogen-bond acceptors (Lipinski definition) is 1.